The molecule has 2 aromatic carbocycles. The van der Waals surface area contributed by atoms with E-state index in [1.807, 2.05) is 0 Å². The quantitative estimate of drug-likeness (QED) is 0.519. The van der Waals surface area contributed by atoms with Gasteiger partial charge in [-0.2, -0.15) is 0 Å². The first-order valence-electron chi connectivity index (χ1n) is 7.76. The van der Waals surface area contributed by atoms with Crippen molar-refractivity contribution in [3.05, 3.63) is 40.1 Å². The van der Waals surface area contributed by atoms with Gasteiger partial charge >= 0.3 is 0 Å². The Balaban J connectivity index is 2.04. The number of aromatic hydroxyl groups is 2. The van der Waals surface area contributed by atoms with E-state index >= 15 is 0 Å². The van der Waals surface area contributed by atoms with Crippen molar-refractivity contribution in [1.29, 1.82) is 0 Å². The summed E-state index contributed by atoms with van der Waals surface area (Å²) in [6.07, 6.45) is -0.579. The Bertz CT molecular complexity index is 1060. The van der Waals surface area contributed by atoms with Crippen molar-refractivity contribution in [2.75, 3.05) is 6.61 Å². The van der Waals surface area contributed by atoms with Crippen LogP contribution in [0.4, 0.5) is 0 Å². The number of hydrogen-bond donors (Lipinski definition) is 4. The van der Waals surface area contributed by atoms with Gasteiger partial charge < -0.3 is 29.6 Å². The molecule has 4 N–H and O–H groups in total. The Morgan fingerprint density at radius 3 is 2.72 bits per heavy atom. The standard InChI is InChI=1S/C18H16O7/c1-18(23,7-19)13-5-9-12(24-13)6-11(21)14-15(22)8-3-2-4-10(20)16(8)25-17(9)14/h2-4,6,13,19-21,23H,5,7H2,1H3/t13-,18-/m1/s1. The number of rotatable bonds is 2. The van der Waals surface area contributed by atoms with Crippen molar-refractivity contribution in [2.45, 2.75) is 25.0 Å². The van der Waals surface area contributed by atoms with Crippen LogP contribution in [0.1, 0.15) is 12.5 Å². The number of aliphatic hydroxyl groups excluding tert-OH is 1. The fraction of sp³-hybridized carbons (Fsp3) is 0.278. The lowest BCUT2D eigenvalue weighted by atomic mass is 9.95. The summed E-state index contributed by atoms with van der Waals surface area (Å²) >= 11 is 0. The van der Waals surface area contributed by atoms with Gasteiger partial charge in [-0.3, -0.25) is 4.79 Å². The summed E-state index contributed by atoms with van der Waals surface area (Å²) in [6, 6.07) is 5.72. The molecule has 4 rings (SSSR count). The summed E-state index contributed by atoms with van der Waals surface area (Å²) in [6.45, 7) is 0.923. The molecule has 2 atom stereocenters. The number of para-hydroxylation sites is 1. The van der Waals surface area contributed by atoms with Crippen molar-refractivity contribution < 1.29 is 29.6 Å². The Kier molecular flexibility index (Phi) is 3.22. The average Bonchev–Trinajstić information content (AvgIpc) is 3.00. The van der Waals surface area contributed by atoms with Gasteiger partial charge in [-0.05, 0) is 19.1 Å². The highest BCUT2D eigenvalue weighted by Crippen LogP contribution is 2.42. The molecule has 0 amide bonds. The van der Waals surface area contributed by atoms with E-state index in [1.165, 1.54) is 31.2 Å². The van der Waals surface area contributed by atoms with Gasteiger partial charge in [-0.25, -0.2) is 0 Å². The molecule has 0 bridgehead atoms. The van der Waals surface area contributed by atoms with Crippen LogP contribution < -0.4 is 10.2 Å². The van der Waals surface area contributed by atoms with E-state index in [0.717, 1.165) is 0 Å². The lowest BCUT2D eigenvalue weighted by Gasteiger charge is -2.26. The highest BCUT2D eigenvalue weighted by atomic mass is 16.5. The molecule has 3 aromatic rings. The van der Waals surface area contributed by atoms with Crippen LogP contribution in [0, 0.1) is 0 Å². The zero-order chi connectivity index (χ0) is 17.9. The van der Waals surface area contributed by atoms with Crippen LogP contribution in [0.25, 0.3) is 21.9 Å². The van der Waals surface area contributed by atoms with E-state index in [0.29, 0.717) is 5.56 Å². The maximum atomic E-state index is 12.7. The lowest BCUT2D eigenvalue weighted by molar-refractivity contribution is -0.0729. The van der Waals surface area contributed by atoms with E-state index in [-0.39, 0.29) is 45.6 Å². The first kappa shape index (κ1) is 15.7. The van der Waals surface area contributed by atoms with E-state index in [9.17, 15) is 25.2 Å². The minimum Gasteiger partial charge on any atom is -0.507 e. The maximum absolute atomic E-state index is 12.7. The van der Waals surface area contributed by atoms with Crippen LogP contribution in [0.5, 0.6) is 17.2 Å². The number of aliphatic hydroxyl groups is 2. The first-order valence-corrected chi connectivity index (χ1v) is 7.76. The van der Waals surface area contributed by atoms with Crippen molar-refractivity contribution in [1.82, 2.24) is 0 Å². The second-order valence-electron chi connectivity index (χ2n) is 6.49. The summed E-state index contributed by atoms with van der Waals surface area (Å²) in [5, 5.41) is 40.0. The summed E-state index contributed by atoms with van der Waals surface area (Å²) in [7, 11) is 0. The number of hydrogen-bond acceptors (Lipinski definition) is 7. The second kappa shape index (κ2) is 5.11. The predicted octanol–water partition coefficient (Wildman–Crippen LogP) is 1.40. The summed E-state index contributed by atoms with van der Waals surface area (Å²) < 4.78 is 11.4. The van der Waals surface area contributed by atoms with Gasteiger partial charge in [0.25, 0.3) is 0 Å². The number of fused-ring (bicyclic) bond motifs is 4. The molecule has 0 unspecified atom stereocenters. The number of phenols is 2. The Labute approximate surface area is 141 Å². The molecule has 25 heavy (non-hydrogen) atoms. The van der Waals surface area contributed by atoms with E-state index < -0.39 is 23.7 Å². The predicted molar refractivity (Wildman–Crippen MR) is 89.1 cm³/mol. The SMILES string of the molecule is C[C@@](O)(CO)[C@H]1Cc2c(cc(O)c3c(=O)c4cccc(O)c4oc23)O1. The highest BCUT2D eigenvalue weighted by Gasteiger charge is 2.40. The van der Waals surface area contributed by atoms with E-state index in [4.69, 9.17) is 9.15 Å². The van der Waals surface area contributed by atoms with Crippen molar-refractivity contribution in [3.63, 3.8) is 0 Å². The molecule has 0 fully saturated rings. The van der Waals surface area contributed by atoms with E-state index in [1.54, 1.807) is 0 Å². The summed E-state index contributed by atoms with van der Waals surface area (Å²) in [4.78, 5) is 12.7. The van der Waals surface area contributed by atoms with E-state index in [2.05, 4.69) is 0 Å². The molecular formula is C18H16O7. The third-order valence-corrected chi connectivity index (χ3v) is 4.67. The largest absolute Gasteiger partial charge is 0.507 e. The van der Waals surface area contributed by atoms with Crippen LogP contribution in [0.2, 0.25) is 0 Å². The van der Waals surface area contributed by atoms with Crippen LogP contribution in [-0.2, 0) is 6.42 Å². The topological polar surface area (TPSA) is 120 Å². The highest BCUT2D eigenvalue weighted by molar-refractivity contribution is 5.97. The molecule has 2 heterocycles. The van der Waals surface area contributed by atoms with Gasteiger partial charge in [0, 0.05) is 18.1 Å². The fourth-order valence-electron chi connectivity index (χ4n) is 3.17. The average molecular weight is 344 g/mol. The summed E-state index contributed by atoms with van der Waals surface area (Å²) in [5.41, 5.74) is -1.35. The molecule has 0 spiro atoms. The molecule has 130 valence electrons. The van der Waals surface area contributed by atoms with Crippen molar-refractivity contribution >= 4 is 21.9 Å². The van der Waals surface area contributed by atoms with Gasteiger partial charge in [0.1, 0.15) is 34.2 Å². The Hall–Kier alpha value is -2.77. The molecule has 0 saturated heterocycles. The molecule has 0 saturated carbocycles. The minimum atomic E-state index is -1.50. The third kappa shape index (κ3) is 2.16. The molecule has 7 heteroatoms. The van der Waals surface area contributed by atoms with Gasteiger partial charge in [-0.15, -0.1) is 0 Å². The molecule has 0 radical (unpaired) electrons. The normalized spacial score (nSPS) is 18.9. The Morgan fingerprint density at radius 2 is 2.00 bits per heavy atom. The molecular weight excluding hydrogens is 328 g/mol. The zero-order valence-electron chi connectivity index (χ0n) is 13.3. The molecule has 1 aliphatic rings. The van der Waals surface area contributed by atoms with Gasteiger partial charge in [0.15, 0.2) is 11.3 Å². The molecule has 7 nitrogen and oxygen atoms in total. The number of phenolic OH excluding ortho intramolecular Hbond substituents is 2. The van der Waals surface area contributed by atoms with Crippen LogP contribution >= 0.6 is 0 Å². The zero-order valence-corrected chi connectivity index (χ0v) is 13.3. The monoisotopic (exact) mass is 344 g/mol. The molecule has 0 aliphatic carbocycles. The smallest absolute Gasteiger partial charge is 0.204 e. The van der Waals surface area contributed by atoms with Gasteiger partial charge in [0.05, 0.1) is 12.0 Å². The fourth-order valence-corrected chi connectivity index (χ4v) is 3.17. The van der Waals surface area contributed by atoms with Gasteiger partial charge in [0.2, 0.25) is 5.43 Å². The van der Waals surface area contributed by atoms with Crippen LogP contribution in [0.3, 0.4) is 0 Å². The molecule has 1 aromatic heterocycles. The van der Waals surface area contributed by atoms with Crippen LogP contribution in [0.15, 0.2) is 33.5 Å². The Morgan fingerprint density at radius 1 is 1.24 bits per heavy atom. The van der Waals surface area contributed by atoms with Crippen molar-refractivity contribution in [3.8, 4) is 17.2 Å². The van der Waals surface area contributed by atoms with Crippen LogP contribution in [-0.4, -0.2) is 38.7 Å². The third-order valence-electron chi connectivity index (χ3n) is 4.67. The molecule has 1 aliphatic heterocycles. The van der Waals surface area contributed by atoms with Gasteiger partial charge in [-0.1, -0.05) is 6.07 Å². The second-order valence-corrected chi connectivity index (χ2v) is 6.49. The minimum absolute atomic E-state index is 0.00950. The maximum Gasteiger partial charge on any atom is 0.204 e. The van der Waals surface area contributed by atoms with Crippen molar-refractivity contribution in [2.24, 2.45) is 0 Å². The first-order chi connectivity index (χ1) is 11.8. The summed E-state index contributed by atoms with van der Waals surface area (Å²) in [5.74, 6) is -0.231. The number of ether oxygens (including phenoxy) is 1. The lowest BCUT2D eigenvalue weighted by Crippen LogP contribution is -2.45. The number of benzene rings is 2.